The molecule has 3 aromatic rings. The minimum absolute atomic E-state index is 0.134. The van der Waals surface area contributed by atoms with Crippen molar-refractivity contribution < 1.29 is 9.53 Å². The van der Waals surface area contributed by atoms with Gasteiger partial charge >= 0.3 is 0 Å². The quantitative estimate of drug-likeness (QED) is 0.716. The van der Waals surface area contributed by atoms with Crippen molar-refractivity contribution in [2.45, 2.75) is 13.8 Å². The normalized spacial score (nSPS) is 10.8. The van der Waals surface area contributed by atoms with E-state index < -0.39 is 0 Å². The Hall–Kier alpha value is -2.96. The van der Waals surface area contributed by atoms with Crippen molar-refractivity contribution in [3.63, 3.8) is 0 Å². The topological polar surface area (TPSA) is 72.6 Å². The Bertz CT molecular complexity index is 874. The van der Waals surface area contributed by atoms with E-state index in [9.17, 15) is 4.79 Å². The Labute approximate surface area is 139 Å². The van der Waals surface area contributed by atoms with Gasteiger partial charge in [0.15, 0.2) is 0 Å². The molecule has 1 amide bonds. The molecule has 0 aliphatic carbocycles. The van der Waals surface area contributed by atoms with Gasteiger partial charge in [-0.15, -0.1) is 5.10 Å². The molecule has 0 bridgehead atoms. The Morgan fingerprint density at radius 3 is 2.79 bits per heavy atom. The van der Waals surface area contributed by atoms with Gasteiger partial charge in [0.05, 0.1) is 6.54 Å². The minimum Gasteiger partial charge on any atom is -0.491 e. The van der Waals surface area contributed by atoms with Crippen LogP contribution in [0.1, 0.15) is 21.9 Å². The molecule has 7 heteroatoms. The summed E-state index contributed by atoms with van der Waals surface area (Å²) in [5.74, 6) is 1.12. The van der Waals surface area contributed by atoms with Gasteiger partial charge in [-0.05, 0) is 31.5 Å². The number of nitrogens with zero attached hydrogens (tertiary/aromatic N) is 5. The highest BCUT2D eigenvalue weighted by Gasteiger charge is 2.18. The predicted molar refractivity (Wildman–Crippen MR) is 89.2 cm³/mol. The summed E-state index contributed by atoms with van der Waals surface area (Å²) >= 11 is 0. The second-order valence-corrected chi connectivity index (χ2v) is 5.57. The maximum Gasteiger partial charge on any atom is 0.293 e. The highest BCUT2D eigenvalue weighted by molar-refractivity contribution is 5.90. The van der Waals surface area contributed by atoms with Gasteiger partial charge in [-0.25, -0.2) is 9.50 Å². The number of hydrogen-bond acceptors (Lipinski definition) is 5. The second kappa shape index (κ2) is 6.66. The molecule has 7 nitrogen and oxygen atoms in total. The lowest BCUT2D eigenvalue weighted by molar-refractivity contribution is 0.0762. The maximum absolute atomic E-state index is 12.4. The number of para-hydroxylation sites is 1. The molecule has 0 unspecified atom stereocenters. The zero-order valence-corrected chi connectivity index (χ0v) is 13.9. The largest absolute Gasteiger partial charge is 0.491 e. The van der Waals surface area contributed by atoms with Gasteiger partial charge in [0.2, 0.25) is 5.82 Å². The van der Waals surface area contributed by atoms with Gasteiger partial charge in [0, 0.05) is 18.9 Å². The van der Waals surface area contributed by atoms with Gasteiger partial charge in [0.25, 0.3) is 11.7 Å². The molecule has 0 atom stereocenters. The van der Waals surface area contributed by atoms with Crippen LogP contribution in [0.15, 0.2) is 36.5 Å². The van der Waals surface area contributed by atoms with Crippen LogP contribution in [0.4, 0.5) is 0 Å². The molecule has 2 aromatic heterocycles. The fourth-order valence-electron chi connectivity index (χ4n) is 2.28. The van der Waals surface area contributed by atoms with E-state index in [1.165, 1.54) is 0 Å². The maximum atomic E-state index is 12.4. The van der Waals surface area contributed by atoms with Crippen molar-refractivity contribution in [1.29, 1.82) is 0 Å². The Morgan fingerprint density at radius 1 is 1.25 bits per heavy atom. The fraction of sp³-hybridized carbons (Fsp3) is 0.294. The fourth-order valence-corrected chi connectivity index (χ4v) is 2.28. The van der Waals surface area contributed by atoms with Gasteiger partial charge < -0.3 is 9.64 Å². The van der Waals surface area contributed by atoms with Crippen LogP contribution in [0.2, 0.25) is 0 Å². The molecule has 0 spiro atoms. The Kier molecular flexibility index (Phi) is 4.41. The van der Waals surface area contributed by atoms with E-state index in [0.717, 1.165) is 17.0 Å². The number of carbonyl (C=O) groups excluding carboxylic acids is 1. The molecule has 0 fully saturated rings. The first-order valence-corrected chi connectivity index (χ1v) is 7.68. The number of benzene rings is 1. The summed E-state index contributed by atoms with van der Waals surface area (Å²) < 4.78 is 7.28. The first kappa shape index (κ1) is 15.9. The van der Waals surface area contributed by atoms with E-state index in [2.05, 4.69) is 15.1 Å². The molecule has 0 radical (unpaired) electrons. The smallest absolute Gasteiger partial charge is 0.293 e. The molecule has 0 aliphatic rings. The van der Waals surface area contributed by atoms with Crippen LogP contribution in [0.3, 0.4) is 0 Å². The number of fused-ring (bicyclic) bond motifs is 1. The van der Waals surface area contributed by atoms with Crippen LogP contribution < -0.4 is 4.74 Å². The number of rotatable bonds is 5. The molecule has 0 aliphatic heterocycles. The predicted octanol–water partition coefficient (Wildman–Crippen LogP) is 1.89. The van der Waals surface area contributed by atoms with E-state index in [-0.39, 0.29) is 11.7 Å². The SMILES string of the molecule is Cc1ccccc1OCCN(C)C(=O)c1nc2nccc(C)n2n1. The summed E-state index contributed by atoms with van der Waals surface area (Å²) in [6, 6.07) is 9.60. The lowest BCUT2D eigenvalue weighted by Crippen LogP contribution is -2.31. The van der Waals surface area contributed by atoms with Crippen LogP contribution in [-0.4, -0.2) is 50.6 Å². The highest BCUT2D eigenvalue weighted by Crippen LogP contribution is 2.15. The summed E-state index contributed by atoms with van der Waals surface area (Å²) in [6.07, 6.45) is 1.65. The van der Waals surface area contributed by atoms with Crippen LogP contribution in [0.25, 0.3) is 5.78 Å². The lowest BCUT2D eigenvalue weighted by atomic mass is 10.2. The van der Waals surface area contributed by atoms with Crippen molar-refractivity contribution >= 4 is 11.7 Å². The summed E-state index contributed by atoms with van der Waals surface area (Å²) in [7, 11) is 1.70. The molecular weight excluding hydrogens is 306 g/mol. The first-order valence-electron chi connectivity index (χ1n) is 7.68. The van der Waals surface area contributed by atoms with Crippen molar-refractivity contribution in [1.82, 2.24) is 24.5 Å². The Balaban J connectivity index is 1.63. The number of amides is 1. The average molecular weight is 325 g/mol. The van der Waals surface area contributed by atoms with Crippen molar-refractivity contribution in [2.24, 2.45) is 0 Å². The monoisotopic (exact) mass is 325 g/mol. The molecule has 2 heterocycles. The average Bonchev–Trinajstić information content (AvgIpc) is 3.01. The molecule has 0 saturated heterocycles. The third-order valence-electron chi connectivity index (χ3n) is 3.75. The van der Waals surface area contributed by atoms with Crippen molar-refractivity contribution in [3.8, 4) is 5.75 Å². The molecule has 124 valence electrons. The summed E-state index contributed by atoms with van der Waals surface area (Å²) in [6.45, 7) is 4.71. The minimum atomic E-state index is -0.256. The standard InChI is InChI=1S/C17H19N5O2/c1-12-6-4-5-7-14(12)24-11-10-21(3)16(23)15-19-17-18-9-8-13(2)22(17)20-15/h4-9H,10-11H2,1-3H3. The van der Waals surface area contributed by atoms with Crippen molar-refractivity contribution in [2.75, 3.05) is 20.2 Å². The lowest BCUT2D eigenvalue weighted by Gasteiger charge is -2.16. The summed E-state index contributed by atoms with van der Waals surface area (Å²) in [5.41, 5.74) is 1.94. The third-order valence-corrected chi connectivity index (χ3v) is 3.75. The number of hydrogen-bond donors (Lipinski definition) is 0. The number of ether oxygens (including phenoxy) is 1. The van der Waals surface area contributed by atoms with Crippen LogP contribution in [-0.2, 0) is 0 Å². The molecule has 0 saturated carbocycles. The zero-order chi connectivity index (χ0) is 17.1. The molecule has 24 heavy (non-hydrogen) atoms. The van der Waals surface area contributed by atoms with Crippen LogP contribution in [0, 0.1) is 13.8 Å². The van der Waals surface area contributed by atoms with Crippen LogP contribution in [0.5, 0.6) is 5.75 Å². The van der Waals surface area contributed by atoms with E-state index in [1.54, 1.807) is 22.7 Å². The van der Waals surface area contributed by atoms with E-state index in [0.29, 0.717) is 18.9 Å². The van der Waals surface area contributed by atoms with Gasteiger partial charge in [-0.2, -0.15) is 4.98 Å². The van der Waals surface area contributed by atoms with Gasteiger partial charge in [-0.3, -0.25) is 4.79 Å². The first-order chi connectivity index (χ1) is 11.6. The molecule has 3 rings (SSSR count). The highest BCUT2D eigenvalue weighted by atomic mass is 16.5. The summed E-state index contributed by atoms with van der Waals surface area (Å²) in [5, 5.41) is 4.22. The molecule has 1 aromatic carbocycles. The van der Waals surface area contributed by atoms with Crippen molar-refractivity contribution in [3.05, 3.63) is 53.6 Å². The van der Waals surface area contributed by atoms with E-state index in [4.69, 9.17) is 4.74 Å². The van der Waals surface area contributed by atoms with Gasteiger partial charge in [0.1, 0.15) is 12.4 Å². The molecular formula is C17H19N5O2. The number of carbonyl (C=O) groups is 1. The number of likely N-dealkylation sites (N-methyl/N-ethyl adjacent to an activating group) is 1. The Morgan fingerprint density at radius 2 is 2.04 bits per heavy atom. The number of aromatic nitrogens is 4. The second-order valence-electron chi connectivity index (χ2n) is 5.57. The van der Waals surface area contributed by atoms with E-state index in [1.807, 2.05) is 44.2 Å². The summed E-state index contributed by atoms with van der Waals surface area (Å²) in [4.78, 5) is 22.3. The molecule has 0 N–H and O–H groups in total. The number of aryl methyl sites for hydroxylation is 2. The van der Waals surface area contributed by atoms with E-state index >= 15 is 0 Å². The van der Waals surface area contributed by atoms with Crippen LogP contribution >= 0.6 is 0 Å². The van der Waals surface area contributed by atoms with Gasteiger partial charge in [-0.1, -0.05) is 18.2 Å². The zero-order valence-electron chi connectivity index (χ0n) is 13.9. The third kappa shape index (κ3) is 3.19.